The Balaban J connectivity index is 0.00000480. The molecular formula is C24H39ClN4O2. The van der Waals surface area contributed by atoms with Gasteiger partial charge in [-0.3, -0.25) is 4.79 Å². The predicted molar refractivity (Wildman–Crippen MR) is 128 cm³/mol. The summed E-state index contributed by atoms with van der Waals surface area (Å²) in [4.78, 5) is 16.1. The minimum atomic E-state index is -0.0199. The Kier molecular flexibility index (Phi) is 14.6. The van der Waals surface area contributed by atoms with Gasteiger partial charge >= 0.3 is 0 Å². The molecule has 0 aliphatic rings. The molecule has 0 aliphatic carbocycles. The zero-order chi connectivity index (χ0) is 21.4. The molecule has 1 aromatic heterocycles. The van der Waals surface area contributed by atoms with Crippen LogP contribution in [0.2, 0.25) is 0 Å². The second-order valence-corrected chi connectivity index (χ2v) is 7.96. The zero-order valence-electron chi connectivity index (χ0n) is 18.9. The van der Waals surface area contributed by atoms with E-state index in [1.54, 1.807) is 0 Å². The van der Waals surface area contributed by atoms with Crippen molar-refractivity contribution in [3.05, 3.63) is 35.7 Å². The van der Waals surface area contributed by atoms with E-state index < -0.39 is 0 Å². The number of carbonyl (C=O) groups excluding carboxylic acids is 1. The van der Waals surface area contributed by atoms with E-state index in [-0.39, 0.29) is 24.9 Å². The largest absolute Gasteiger partial charge is 0.347 e. The Hall–Kier alpha value is -1.92. The number of hydrogen-bond donors (Lipinski definition) is 2. The number of hydrogen-bond acceptors (Lipinski definition) is 5. The fraction of sp³-hybridized carbons (Fsp3) is 0.625. The second-order valence-electron chi connectivity index (χ2n) is 7.96. The monoisotopic (exact) mass is 450 g/mol. The molecule has 1 amide bonds. The molecule has 0 unspecified atom stereocenters. The normalized spacial score (nSPS) is 10.6. The van der Waals surface area contributed by atoms with Gasteiger partial charge in [-0.2, -0.15) is 4.98 Å². The summed E-state index contributed by atoms with van der Waals surface area (Å²) in [5.74, 6) is 0.953. The summed E-state index contributed by atoms with van der Waals surface area (Å²) in [5.41, 5.74) is 7.71. The number of unbranched alkanes of at least 4 members (excludes halogenated alkanes) is 8. The lowest BCUT2D eigenvalue weighted by Crippen LogP contribution is -2.22. The number of amides is 1. The fourth-order valence-electron chi connectivity index (χ4n) is 3.42. The van der Waals surface area contributed by atoms with E-state index in [1.807, 2.05) is 12.1 Å². The van der Waals surface area contributed by atoms with Crippen molar-refractivity contribution in [1.82, 2.24) is 15.5 Å². The van der Waals surface area contributed by atoms with Crippen molar-refractivity contribution in [2.24, 2.45) is 5.73 Å². The number of aromatic nitrogens is 2. The number of aryl methyl sites for hydroxylation is 1. The van der Waals surface area contributed by atoms with Crippen LogP contribution in [0.25, 0.3) is 11.4 Å². The Morgan fingerprint density at radius 1 is 0.968 bits per heavy atom. The lowest BCUT2D eigenvalue weighted by atomic mass is 10.0. The van der Waals surface area contributed by atoms with Gasteiger partial charge < -0.3 is 15.6 Å². The van der Waals surface area contributed by atoms with Gasteiger partial charge in [0.05, 0.1) is 6.54 Å². The number of halogens is 1. The van der Waals surface area contributed by atoms with Crippen LogP contribution in [0.5, 0.6) is 0 Å². The Bertz CT molecular complexity index is 719. The van der Waals surface area contributed by atoms with Crippen LogP contribution in [0.1, 0.15) is 89.0 Å². The standard InChI is InChI=1S/C24H38N4O2.ClH/c1-2-3-4-5-6-7-8-9-12-20-14-16-21(17-15-20)24-27-23(30-28-24)19-26-22(29)13-10-11-18-25;/h14-17H,2-13,18-19,25H2,1H3,(H,26,29);1H. The van der Waals surface area contributed by atoms with E-state index in [1.165, 1.54) is 56.9 Å². The molecule has 6 nitrogen and oxygen atoms in total. The molecule has 31 heavy (non-hydrogen) atoms. The molecule has 2 rings (SSSR count). The lowest BCUT2D eigenvalue weighted by molar-refractivity contribution is -0.121. The predicted octanol–water partition coefficient (Wildman–Crippen LogP) is 5.59. The summed E-state index contributed by atoms with van der Waals surface area (Å²) in [5, 5.41) is 6.84. The average molecular weight is 451 g/mol. The van der Waals surface area contributed by atoms with Gasteiger partial charge in [-0.15, -0.1) is 12.4 Å². The maximum atomic E-state index is 11.8. The van der Waals surface area contributed by atoms with Crippen molar-refractivity contribution >= 4 is 18.3 Å². The van der Waals surface area contributed by atoms with Gasteiger partial charge in [-0.05, 0) is 37.8 Å². The van der Waals surface area contributed by atoms with Crippen LogP contribution in [0.4, 0.5) is 0 Å². The van der Waals surface area contributed by atoms with Crippen molar-refractivity contribution in [2.75, 3.05) is 6.54 Å². The Morgan fingerprint density at radius 2 is 1.65 bits per heavy atom. The number of nitrogens with one attached hydrogen (secondary N) is 1. The molecule has 0 saturated heterocycles. The van der Waals surface area contributed by atoms with E-state index in [0.717, 1.165) is 24.8 Å². The molecule has 2 aromatic rings. The third-order valence-electron chi connectivity index (χ3n) is 5.29. The van der Waals surface area contributed by atoms with E-state index in [0.29, 0.717) is 24.7 Å². The molecule has 0 aliphatic heterocycles. The molecule has 174 valence electrons. The Labute approximate surface area is 193 Å². The SMILES string of the molecule is CCCCCCCCCCc1ccc(-c2noc(CNC(=O)CCCCN)n2)cc1.Cl. The minimum absolute atomic E-state index is 0. The summed E-state index contributed by atoms with van der Waals surface area (Å²) in [6.07, 6.45) is 13.9. The molecule has 1 heterocycles. The highest BCUT2D eigenvalue weighted by molar-refractivity contribution is 5.85. The minimum Gasteiger partial charge on any atom is -0.347 e. The maximum Gasteiger partial charge on any atom is 0.246 e. The molecule has 0 atom stereocenters. The van der Waals surface area contributed by atoms with Gasteiger partial charge in [-0.25, -0.2) is 0 Å². The molecule has 7 heteroatoms. The maximum absolute atomic E-state index is 11.8. The van der Waals surface area contributed by atoms with Crippen molar-refractivity contribution in [3.8, 4) is 11.4 Å². The number of carbonyl (C=O) groups is 1. The van der Waals surface area contributed by atoms with Gasteiger partial charge in [0, 0.05) is 12.0 Å². The van der Waals surface area contributed by atoms with Crippen LogP contribution in [0, 0.1) is 0 Å². The molecule has 0 bridgehead atoms. The van der Waals surface area contributed by atoms with Crippen molar-refractivity contribution < 1.29 is 9.32 Å². The van der Waals surface area contributed by atoms with Crippen LogP contribution >= 0.6 is 12.4 Å². The number of rotatable bonds is 16. The first kappa shape index (κ1) is 27.1. The topological polar surface area (TPSA) is 94.0 Å². The molecule has 0 fully saturated rings. The summed E-state index contributed by atoms with van der Waals surface area (Å²) in [6.45, 7) is 3.12. The molecule has 0 saturated carbocycles. The van der Waals surface area contributed by atoms with Gasteiger partial charge in [0.25, 0.3) is 0 Å². The molecular weight excluding hydrogens is 412 g/mol. The van der Waals surface area contributed by atoms with E-state index in [4.69, 9.17) is 10.3 Å². The third kappa shape index (κ3) is 11.3. The molecule has 1 aromatic carbocycles. The lowest BCUT2D eigenvalue weighted by Gasteiger charge is -2.03. The summed E-state index contributed by atoms with van der Waals surface area (Å²) in [7, 11) is 0. The van der Waals surface area contributed by atoms with E-state index >= 15 is 0 Å². The van der Waals surface area contributed by atoms with Gasteiger partial charge in [0.1, 0.15) is 0 Å². The van der Waals surface area contributed by atoms with Crippen LogP contribution < -0.4 is 11.1 Å². The third-order valence-corrected chi connectivity index (χ3v) is 5.29. The summed E-state index contributed by atoms with van der Waals surface area (Å²) < 4.78 is 5.26. The van der Waals surface area contributed by atoms with Crippen LogP contribution in [0.3, 0.4) is 0 Å². The molecule has 0 radical (unpaired) electrons. The van der Waals surface area contributed by atoms with Crippen LogP contribution in [0.15, 0.2) is 28.8 Å². The average Bonchev–Trinajstić information content (AvgIpc) is 3.24. The van der Waals surface area contributed by atoms with E-state index in [2.05, 4.69) is 34.5 Å². The quantitative estimate of drug-likeness (QED) is 0.325. The zero-order valence-corrected chi connectivity index (χ0v) is 19.7. The second kappa shape index (κ2) is 16.7. The van der Waals surface area contributed by atoms with Crippen LogP contribution in [-0.2, 0) is 17.8 Å². The van der Waals surface area contributed by atoms with Crippen molar-refractivity contribution in [3.63, 3.8) is 0 Å². The highest BCUT2D eigenvalue weighted by Gasteiger charge is 2.10. The van der Waals surface area contributed by atoms with Crippen molar-refractivity contribution in [2.45, 2.75) is 90.5 Å². The van der Waals surface area contributed by atoms with Gasteiger partial charge in [0.2, 0.25) is 17.6 Å². The first-order valence-electron chi connectivity index (χ1n) is 11.6. The molecule has 0 spiro atoms. The number of nitrogens with zero attached hydrogens (tertiary/aromatic N) is 2. The fourth-order valence-corrected chi connectivity index (χ4v) is 3.42. The highest BCUT2D eigenvalue weighted by atomic mass is 35.5. The van der Waals surface area contributed by atoms with E-state index in [9.17, 15) is 4.79 Å². The summed E-state index contributed by atoms with van der Waals surface area (Å²) in [6, 6.07) is 8.37. The summed E-state index contributed by atoms with van der Waals surface area (Å²) >= 11 is 0. The highest BCUT2D eigenvalue weighted by Crippen LogP contribution is 2.18. The first-order valence-corrected chi connectivity index (χ1v) is 11.6. The number of benzene rings is 1. The van der Waals surface area contributed by atoms with Gasteiger partial charge in [0.15, 0.2) is 0 Å². The Morgan fingerprint density at radius 3 is 2.32 bits per heavy atom. The first-order chi connectivity index (χ1) is 14.7. The molecule has 3 N–H and O–H groups in total. The van der Waals surface area contributed by atoms with Crippen molar-refractivity contribution in [1.29, 1.82) is 0 Å². The number of nitrogens with two attached hydrogens (primary N) is 1. The van der Waals surface area contributed by atoms with Gasteiger partial charge in [-0.1, -0.05) is 81.3 Å². The van der Waals surface area contributed by atoms with Crippen LogP contribution in [-0.4, -0.2) is 22.6 Å². The smallest absolute Gasteiger partial charge is 0.246 e.